The molecule has 0 aliphatic carbocycles. The second-order valence-electron chi connectivity index (χ2n) is 9.30. The van der Waals surface area contributed by atoms with Crippen LogP contribution in [0.15, 0.2) is 79.4 Å². The zero-order valence-corrected chi connectivity index (χ0v) is 23.0. The van der Waals surface area contributed by atoms with Gasteiger partial charge in [0.2, 0.25) is 0 Å². The van der Waals surface area contributed by atoms with Crippen LogP contribution >= 0.6 is 0 Å². The molecule has 1 saturated heterocycles. The number of hydrogen-bond donors (Lipinski definition) is 2. The third-order valence-corrected chi connectivity index (χ3v) is 6.36. The summed E-state index contributed by atoms with van der Waals surface area (Å²) in [5.74, 6) is -5.51. The lowest BCUT2D eigenvalue weighted by Crippen LogP contribution is -2.36. The second-order valence-corrected chi connectivity index (χ2v) is 9.30. The Morgan fingerprint density at radius 3 is 1.96 bits per heavy atom. The smallest absolute Gasteiger partial charge is 0.475 e. The molecular weight excluding hydrogens is 612 g/mol. The fourth-order valence-corrected chi connectivity index (χ4v) is 4.23. The van der Waals surface area contributed by atoms with Crippen LogP contribution in [0.3, 0.4) is 0 Å². The molecule has 0 saturated carbocycles. The van der Waals surface area contributed by atoms with E-state index in [1.165, 1.54) is 5.69 Å². The number of fused-ring (bicyclic) bond motifs is 2. The van der Waals surface area contributed by atoms with Crippen molar-refractivity contribution in [1.29, 1.82) is 0 Å². The van der Waals surface area contributed by atoms with Gasteiger partial charge in [-0.15, -0.1) is 0 Å². The molecule has 1 aliphatic rings. The number of halogens is 6. The van der Waals surface area contributed by atoms with E-state index in [1.807, 2.05) is 53.6 Å². The monoisotopic (exact) mass is 635 g/mol. The standard InChI is InChI=1S/C25H21N5O.2C2HF3O2/c1-2-4-24-22(3-1)21(9-10-26-24)23-16-28-30-17-19(15-27-25(23)30)18-5-7-20(8-6-18)29-11-13-31-14-12-29;2*3-2(4,5)1(6)7/h1-10,15-17H,11-14H2;2*(H,6,7). The van der Waals surface area contributed by atoms with Gasteiger partial charge in [0.15, 0.2) is 5.65 Å². The number of carbonyl (C=O) groups is 2. The highest BCUT2D eigenvalue weighted by Crippen LogP contribution is 2.31. The van der Waals surface area contributed by atoms with Gasteiger partial charge in [0.25, 0.3) is 0 Å². The summed E-state index contributed by atoms with van der Waals surface area (Å²) in [6.07, 6.45) is -2.48. The largest absolute Gasteiger partial charge is 0.490 e. The average molecular weight is 636 g/mol. The molecule has 4 heterocycles. The zero-order chi connectivity index (χ0) is 32.8. The molecule has 45 heavy (non-hydrogen) atoms. The van der Waals surface area contributed by atoms with E-state index in [4.69, 9.17) is 29.5 Å². The molecule has 16 heteroatoms. The molecule has 0 bridgehead atoms. The number of carboxylic acid groups (broad SMARTS) is 2. The molecule has 1 aliphatic heterocycles. The second kappa shape index (κ2) is 13.6. The highest BCUT2D eigenvalue weighted by atomic mass is 19.4. The number of para-hydroxylation sites is 1. The number of rotatable bonds is 3. The maximum Gasteiger partial charge on any atom is 0.490 e. The average Bonchev–Trinajstić information content (AvgIpc) is 3.44. The Bertz CT molecular complexity index is 1760. The van der Waals surface area contributed by atoms with Crippen LogP contribution in [0.25, 0.3) is 38.8 Å². The van der Waals surface area contributed by atoms with Crippen molar-refractivity contribution in [3.05, 3.63) is 79.4 Å². The molecule has 0 spiro atoms. The lowest BCUT2D eigenvalue weighted by molar-refractivity contribution is -0.193. The van der Waals surface area contributed by atoms with Crippen LogP contribution < -0.4 is 4.90 Å². The summed E-state index contributed by atoms with van der Waals surface area (Å²) in [5.41, 5.74) is 7.30. The lowest BCUT2D eigenvalue weighted by atomic mass is 10.0. The Kier molecular flexibility index (Phi) is 9.86. The predicted octanol–water partition coefficient (Wildman–Crippen LogP) is 5.71. The minimum atomic E-state index is -5.08. The summed E-state index contributed by atoms with van der Waals surface area (Å²) in [6.45, 7) is 3.45. The van der Waals surface area contributed by atoms with Gasteiger partial charge in [0.1, 0.15) is 0 Å². The van der Waals surface area contributed by atoms with Gasteiger partial charge in [0, 0.05) is 53.9 Å². The normalized spacial score (nSPS) is 13.4. The minimum absolute atomic E-state index is 0.788. The van der Waals surface area contributed by atoms with E-state index in [2.05, 4.69) is 45.3 Å². The maximum absolute atomic E-state index is 10.6. The van der Waals surface area contributed by atoms with Crippen molar-refractivity contribution >= 4 is 34.2 Å². The van der Waals surface area contributed by atoms with Crippen molar-refractivity contribution in [1.82, 2.24) is 19.6 Å². The topological polar surface area (TPSA) is 130 Å². The molecule has 2 N–H and O–H groups in total. The summed E-state index contributed by atoms with van der Waals surface area (Å²) < 4.78 is 70.8. The number of morpholine rings is 1. The summed E-state index contributed by atoms with van der Waals surface area (Å²) in [6, 6.07) is 18.8. The fourth-order valence-electron chi connectivity index (χ4n) is 4.23. The van der Waals surface area contributed by atoms with Crippen molar-refractivity contribution < 1.29 is 50.9 Å². The van der Waals surface area contributed by atoms with Crippen LogP contribution in [-0.2, 0) is 14.3 Å². The van der Waals surface area contributed by atoms with Crippen molar-refractivity contribution in [3.63, 3.8) is 0 Å². The zero-order valence-electron chi connectivity index (χ0n) is 23.0. The summed E-state index contributed by atoms with van der Waals surface area (Å²) >= 11 is 0. The number of benzene rings is 2. The van der Waals surface area contributed by atoms with Crippen LogP contribution in [0, 0.1) is 0 Å². The van der Waals surface area contributed by atoms with Crippen molar-refractivity contribution in [3.8, 4) is 22.3 Å². The van der Waals surface area contributed by atoms with Crippen LogP contribution in [-0.4, -0.2) is 80.4 Å². The predicted molar refractivity (Wildman–Crippen MR) is 150 cm³/mol. The van der Waals surface area contributed by atoms with E-state index >= 15 is 0 Å². The quantitative estimate of drug-likeness (QED) is 0.239. The summed E-state index contributed by atoms with van der Waals surface area (Å²) in [4.78, 5) is 29.4. The molecule has 0 radical (unpaired) electrons. The van der Waals surface area contributed by atoms with Crippen LogP contribution in [0.4, 0.5) is 32.0 Å². The Balaban J connectivity index is 0.000000277. The third kappa shape index (κ3) is 8.23. The van der Waals surface area contributed by atoms with Crippen LogP contribution in [0.5, 0.6) is 0 Å². The van der Waals surface area contributed by atoms with Gasteiger partial charge in [0.05, 0.1) is 24.9 Å². The minimum Gasteiger partial charge on any atom is -0.475 e. The molecule has 3 aromatic heterocycles. The number of hydrogen-bond acceptors (Lipinski definition) is 7. The molecule has 0 unspecified atom stereocenters. The Morgan fingerprint density at radius 1 is 0.756 bits per heavy atom. The van der Waals surface area contributed by atoms with Gasteiger partial charge in [-0.3, -0.25) is 4.98 Å². The Labute approximate surface area is 250 Å². The van der Waals surface area contributed by atoms with Crippen LogP contribution in [0.2, 0.25) is 0 Å². The van der Waals surface area contributed by atoms with Crippen LogP contribution in [0.1, 0.15) is 0 Å². The van der Waals surface area contributed by atoms with Crippen molar-refractivity contribution in [2.45, 2.75) is 12.4 Å². The fraction of sp³-hybridized carbons (Fsp3) is 0.207. The van der Waals surface area contributed by atoms with Crippen molar-refractivity contribution in [2.75, 3.05) is 31.2 Å². The van der Waals surface area contributed by atoms with Gasteiger partial charge >= 0.3 is 24.3 Å². The van der Waals surface area contributed by atoms with E-state index < -0.39 is 24.3 Å². The first kappa shape index (κ1) is 32.7. The Morgan fingerprint density at radius 2 is 1.36 bits per heavy atom. The van der Waals surface area contributed by atoms with E-state index in [-0.39, 0.29) is 0 Å². The molecule has 0 amide bonds. The van der Waals surface area contributed by atoms with Gasteiger partial charge in [-0.05, 0) is 35.4 Å². The first-order chi connectivity index (χ1) is 21.3. The van der Waals surface area contributed by atoms with E-state index in [9.17, 15) is 26.3 Å². The number of anilines is 1. The first-order valence-corrected chi connectivity index (χ1v) is 13.0. The molecule has 236 valence electrons. The number of ether oxygens (including phenoxy) is 1. The van der Waals surface area contributed by atoms with Gasteiger partial charge in [-0.2, -0.15) is 31.4 Å². The highest BCUT2D eigenvalue weighted by molar-refractivity contribution is 5.97. The van der Waals surface area contributed by atoms with E-state index in [0.717, 1.165) is 65.1 Å². The summed E-state index contributed by atoms with van der Waals surface area (Å²) in [7, 11) is 0. The van der Waals surface area contributed by atoms with Gasteiger partial charge in [-0.25, -0.2) is 19.1 Å². The third-order valence-electron chi connectivity index (χ3n) is 6.36. The molecule has 1 fully saturated rings. The number of aromatic nitrogens is 4. The lowest BCUT2D eigenvalue weighted by Gasteiger charge is -2.28. The maximum atomic E-state index is 10.6. The molecule has 6 rings (SSSR count). The number of alkyl halides is 6. The molecule has 10 nitrogen and oxygen atoms in total. The molecule has 2 aromatic carbocycles. The van der Waals surface area contributed by atoms with Gasteiger partial charge in [-0.1, -0.05) is 30.3 Å². The Hall–Kier alpha value is -5.25. The molecule has 0 atom stereocenters. The molecule has 5 aromatic rings. The van der Waals surface area contributed by atoms with E-state index in [0.29, 0.717) is 0 Å². The highest BCUT2D eigenvalue weighted by Gasteiger charge is 2.38. The summed E-state index contributed by atoms with van der Waals surface area (Å²) in [5, 5.41) is 19.9. The number of aliphatic carboxylic acids is 2. The van der Waals surface area contributed by atoms with E-state index in [1.54, 1.807) is 0 Å². The number of nitrogens with zero attached hydrogens (tertiary/aromatic N) is 5. The first-order valence-electron chi connectivity index (χ1n) is 13.0. The number of carboxylic acids is 2. The molecular formula is C29H23F6N5O5. The number of pyridine rings is 1. The van der Waals surface area contributed by atoms with Gasteiger partial charge < -0.3 is 19.8 Å². The van der Waals surface area contributed by atoms with Crippen molar-refractivity contribution in [2.24, 2.45) is 0 Å². The SMILES string of the molecule is O=C(O)C(F)(F)F.O=C(O)C(F)(F)F.c1ccc2c(-c3cnn4cc(-c5ccc(N6CCOCC6)cc5)cnc34)ccnc2c1.